The molecule has 0 fully saturated rings. The first kappa shape index (κ1) is 15.4. The average Bonchev–Trinajstić information content (AvgIpc) is 2.59. The van der Waals surface area contributed by atoms with Crippen LogP contribution < -0.4 is 5.56 Å². The Kier molecular flexibility index (Phi) is 4.03. The van der Waals surface area contributed by atoms with Gasteiger partial charge in [0.05, 0.1) is 4.92 Å². The first-order valence-corrected chi connectivity index (χ1v) is 7.13. The number of carbonyl (C=O) groups excluding carboxylic acids is 1. The summed E-state index contributed by atoms with van der Waals surface area (Å²) in [4.78, 5) is 36.9. The van der Waals surface area contributed by atoms with E-state index in [1.54, 1.807) is 12.1 Å². The lowest BCUT2D eigenvalue weighted by Gasteiger charge is -1.99. The lowest BCUT2D eigenvalue weighted by Crippen LogP contribution is -2.09. The van der Waals surface area contributed by atoms with Gasteiger partial charge in [-0.1, -0.05) is 18.2 Å². The van der Waals surface area contributed by atoms with Gasteiger partial charge in [0, 0.05) is 28.8 Å². The third-order valence-corrected chi connectivity index (χ3v) is 3.56. The van der Waals surface area contributed by atoms with E-state index in [1.807, 2.05) is 18.2 Å². The predicted octanol–water partition coefficient (Wildman–Crippen LogP) is 3.33. The van der Waals surface area contributed by atoms with Gasteiger partial charge in [0.15, 0.2) is 5.78 Å². The monoisotopic (exact) mass is 320 g/mol. The highest BCUT2D eigenvalue weighted by Crippen LogP contribution is 2.14. The molecule has 6 nitrogen and oxygen atoms in total. The lowest BCUT2D eigenvalue weighted by atomic mass is 10.1. The molecule has 1 N–H and O–H groups in total. The van der Waals surface area contributed by atoms with E-state index in [9.17, 15) is 19.7 Å². The molecule has 0 amide bonds. The van der Waals surface area contributed by atoms with Crippen LogP contribution in [0.5, 0.6) is 0 Å². The number of fused-ring (bicyclic) bond motifs is 1. The average molecular weight is 320 g/mol. The number of pyridine rings is 1. The highest BCUT2D eigenvalue weighted by molar-refractivity contribution is 6.07. The molecule has 0 unspecified atom stereocenters. The van der Waals surface area contributed by atoms with Crippen molar-refractivity contribution in [3.05, 3.63) is 92.3 Å². The van der Waals surface area contributed by atoms with Gasteiger partial charge in [-0.05, 0) is 41.8 Å². The second kappa shape index (κ2) is 6.29. The minimum absolute atomic E-state index is 0.0819. The quantitative estimate of drug-likeness (QED) is 0.345. The van der Waals surface area contributed by atoms with Crippen LogP contribution >= 0.6 is 0 Å². The molecule has 0 aliphatic rings. The number of para-hydroxylation sites is 1. The maximum absolute atomic E-state index is 12.1. The zero-order valence-corrected chi connectivity index (χ0v) is 12.4. The second-order valence-corrected chi connectivity index (χ2v) is 5.14. The Morgan fingerprint density at radius 2 is 1.79 bits per heavy atom. The third kappa shape index (κ3) is 3.12. The lowest BCUT2D eigenvalue weighted by molar-refractivity contribution is -0.384. The van der Waals surface area contributed by atoms with Crippen LogP contribution in [0.15, 0.2) is 65.5 Å². The van der Waals surface area contributed by atoms with Crippen molar-refractivity contribution in [2.45, 2.75) is 0 Å². The Balaban J connectivity index is 1.87. The topological polar surface area (TPSA) is 93.1 Å². The molecule has 0 atom stereocenters. The summed E-state index contributed by atoms with van der Waals surface area (Å²) in [6.45, 7) is 0. The van der Waals surface area contributed by atoms with Crippen molar-refractivity contribution in [1.82, 2.24) is 4.98 Å². The molecule has 0 aliphatic heterocycles. The highest BCUT2D eigenvalue weighted by atomic mass is 16.6. The van der Waals surface area contributed by atoms with E-state index in [0.717, 1.165) is 10.9 Å². The molecule has 0 aliphatic carbocycles. The Morgan fingerprint density at radius 3 is 2.50 bits per heavy atom. The van der Waals surface area contributed by atoms with Crippen LogP contribution in [0.3, 0.4) is 0 Å². The molecule has 1 aromatic heterocycles. The van der Waals surface area contributed by atoms with Gasteiger partial charge < -0.3 is 4.98 Å². The van der Waals surface area contributed by atoms with E-state index in [-0.39, 0.29) is 17.0 Å². The fourth-order valence-electron chi connectivity index (χ4n) is 2.30. The highest BCUT2D eigenvalue weighted by Gasteiger charge is 2.07. The molecule has 0 saturated heterocycles. The van der Waals surface area contributed by atoms with Crippen molar-refractivity contribution in [3.63, 3.8) is 0 Å². The zero-order chi connectivity index (χ0) is 17.1. The maximum Gasteiger partial charge on any atom is 0.269 e. The fraction of sp³-hybridized carbons (Fsp3) is 0. The Labute approximate surface area is 136 Å². The maximum atomic E-state index is 12.1. The Bertz CT molecular complexity index is 1020. The number of benzene rings is 2. The summed E-state index contributed by atoms with van der Waals surface area (Å²) >= 11 is 0. The van der Waals surface area contributed by atoms with Gasteiger partial charge in [0.25, 0.3) is 11.2 Å². The van der Waals surface area contributed by atoms with Gasteiger partial charge in [-0.2, -0.15) is 0 Å². The van der Waals surface area contributed by atoms with Crippen LogP contribution in [-0.4, -0.2) is 15.7 Å². The number of aromatic amines is 1. The molecular formula is C18H12N2O4. The van der Waals surface area contributed by atoms with E-state index in [0.29, 0.717) is 11.1 Å². The van der Waals surface area contributed by atoms with E-state index in [1.165, 1.54) is 36.4 Å². The van der Waals surface area contributed by atoms with Crippen molar-refractivity contribution in [2.24, 2.45) is 0 Å². The number of hydrogen-bond donors (Lipinski definition) is 1. The number of rotatable bonds is 4. The van der Waals surface area contributed by atoms with E-state index in [4.69, 9.17) is 0 Å². The summed E-state index contributed by atoms with van der Waals surface area (Å²) < 4.78 is 0. The second-order valence-electron chi connectivity index (χ2n) is 5.14. The molecule has 1 heterocycles. The smallest absolute Gasteiger partial charge is 0.269 e. The molecule has 6 heteroatoms. The Hall–Kier alpha value is -3.54. The number of allylic oxidation sites excluding steroid dienone is 1. The minimum Gasteiger partial charge on any atom is -0.321 e. The Morgan fingerprint density at radius 1 is 1.08 bits per heavy atom. The number of non-ortho nitro benzene ring substituents is 1. The molecule has 24 heavy (non-hydrogen) atoms. The van der Waals surface area contributed by atoms with Gasteiger partial charge in [-0.25, -0.2) is 0 Å². The van der Waals surface area contributed by atoms with E-state index < -0.39 is 4.92 Å². The zero-order valence-electron chi connectivity index (χ0n) is 12.4. The largest absolute Gasteiger partial charge is 0.321 e. The first-order chi connectivity index (χ1) is 11.5. The van der Waals surface area contributed by atoms with E-state index in [2.05, 4.69) is 4.98 Å². The molecule has 3 rings (SSSR count). The predicted molar refractivity (Wildman–Crippen MR) is 91.0 cm³/mol. The molecule has 0 bridgehead atoms. The van der Waals surface area contributed by atoms with Gasteiger partial charge in [-0.15, -0.1) is 0 Å². The molecule has 0 spiro atoms. The summed E-state index contributed by atoms with van der Waals surface area (Å²) in [5.74, 6) is -0.336. The number of H-pyrrole nitrogens is 1. The van der Waals surface area contributed by atoms with Gasteiger partial charge in [0.2, 0.25) is 0 Å². The van der Waals surface area contributed by atoms with Crippen molar-refractivity contribution in [3.8, 4) is 0 Å². The first-order valence-electron chi connectivity index (χ1n) is 7.13. The molecule has 118 valence electrons. The standard InChI is InChI=1S/C18H12N2O4/c21-17(12-5-8-15(9-6-12)20(23)24)10-7-14-11-13-3-1-2-4-16(13)19-18(14)22/h1-11H,(H,19,22)/b10-7+. The van der Waals surface area contributed by atoms with Crippen LogP contribution in [0.1, 0.15) is 15.9 Å². The number of nitrogens with zero attached hydrogens (tertiary/aromatic N) is 1. The number of nitrogens with one attached hydrogen (secondary N) is 1. The number of aromatic nitrogens is 1. The molecule has 0 radical (unpaired) electrons. The summed E-state index contributed by atoms with van der Waals surface area (Å²) in [6, 6.07) is 14.3. The van der Waals surface area contributed by atoms with Crippen molar-refractivity contribution < 1.29 is 9.72 Å². The number of nitro benzene ring substituents is 1. The summed E-state index contributed by atoms with van der Waals surface area (Å²) in [7, 11) is 0. The van der Waals surface area contributed by atoms with Gasteiger partial charge >= 0.3 is 0 Å². The van der Waals surface area contributed by atoms with Crippen LogP contribution in [0.4, 0.5) is 5.69 Å². The van der Waals surface area contributed by atoms with E-state index >= 15 is 0 Å². The summed E-state index contributed by atoms with van der Waals surface area (Å²) in [5.41, 5.74) is 1.03. The number of carbonyl (C=O) groups is 1. The van der Waals surface area contributed by atoms with Crippen LogP contribution in [0.2, 0.25) is 0 Å². The fourth-order valence-corrected chi connectivity index (χ4v) is 2.30. The van der Waals surface area contributed by atoms with Crippen LogP contribution in [-0.2, 0) is 0 Å². The van der Waals surface area contributed by atoms with Gasteiger partial charge in [-0.3, -0.25) is 19.7 Å². The summed E-state index contributed by atoms with van der Waals surface area (Å²) in [5, 5.41) is 11.5. The van der Waals surface area contributed by atoms with Gasteiger partial charge in [0.1, 0.15) is 0 Å². The van der Waals surface area contributed by atoms with Crippen molar-refractivity contribution in [2.75, 3.05) is 0 Å². The molecular weight excluding hydrogens is 308 g/mol. The van der Waals surface area contributed by atoms with Crippen LogP contribution in [0.25, 0.3) is 17.0 Å². The van der Waals surface area contributed by atoms with Crippen molar-refractivity contribution >= 4 is 28.4 Å². The minimum atomic E-state index is -0.529. The number of ketones is 1. The third-order valence-electron chi connectivity index (χ3n) is 3.56. The number of nitro groups is 1. The molecule has 0 saturated carbocycles. The molecule has 3 aromatic rings. The van der Waals surface area contributed by atoms with Crippen LogP contribution in [0, 0.1) is 10.1 Å². The number of hydrogen-bond acceptors (Lipinski definition) is 4. The normalized spacial score (nSPS) is 11.0. The summed E-state index contributed by atoms with van der Waals surface area (Å²) in [6.07, 6.45) is 2.72. The SMILES string of the molecule is O=C(/C=C/c1cc2ccccc2[nH]c1=O)c1ccc([N+](=O)[O-])cc1. The van der Waals surface area contributed by atoms with Crippen molar-refractivity contribution in [1.29, 1.82) is 0 Å². The molecule has 2 aromatic carbocycles.